The summed E-state index contributed by atoms with van der Waals surface area (Å²) in [4.78, 5) is 11.5. The molecule has 0 bridgehead atoms. The van der Waals surface area contributed by atoms with Gasteiger partial charge < -0.3 is 15.0 Å². The van der Waals surface area contributed by atoms with Gasteiger partial charge >= 0.3 is 0 Å². The molecule has 1 amide bonds. The van der Waals surface area contributed by atoms with Gasteiger partial charge in [0.25, 0.3) is 0 Å². The summed E-state index contributed by atoms with van der Waals surface area (Å²) in [5.41, 5.74) is 0. The second kappa shape index (κ2) is 6.75. The topological polar surface area (TPSA) is 80.0 Å². The number of hydrogen-bond acceptors (Lipinski definition) is 5. The Balaban J connectivity index is 1.67. The van der Waals surface area contributed by atoms with Crippen molar-refractivity contribution in [2.45, 2.75) is 36.9 Å². The Bertz CT molecular complexity index is 392. The van der Waals surface area contributed by atoms with Crippen molar-refractivity contribution in [1.29, 1.82) is 0 Å². The number of rotatable bonds is 8. The molecule has 0 unspecified atom stereocenters. The molecule has 1 aliphatic carbocycles. The molecular formula is C11H18N4O2S. The summed E-state index contributed by atoms with van der Waals surface area (Å²) < 4.78 is 2.05. The van der Waals surface area contributed by atoms with Crippen molar-refractivity contribution in [3.63, 3.8) is 0 Å². The lowest BCUT2D eigenvalue weighted by atomic mass is 10.3. The summed E-state index contributed by atoms with van der Waals surface area (Å²) in [5, 5.41) is 20.2. The number of aliphatic hydroxyl groups excluding tert-OH is 1. The first-order chi connectivity index (χ1) is 8.81. The smallest absolute Gasteiger partial charge is 0.230 e. The van der Waals surface area contributed by atoms with Crippen LogP contribution in [0.25, 0.3) is 0 Å². The Kier molecular flexibility index (Phi) is 5.00. The number of nitrogens with one attached hydrogen (secondary N) is 1. The van der Waals surface area contributed by atoms with Crippen LogP contribution in [0.4, 0.5) is 0 Å². The summed E-state index contributed by atoms with van der Waals surface area (Å²) in [6.07, 6.45) is 5.63. The predicted molar refractivity (Wildman–Crippen MR) is 68.3 cm³/mol. The molecule has 2 N–H and O–H groups in total. The van der Waals surface area contributed by atoms with Gasteiger partial charge in [0.15, 0.2) is 5.16 Å². The molecule has 0 radical (unpaired) electrons. The molecule has 1 aliphatic rings. The van der Waals surface area contributed by atoms with E-state index in [0.717, 1.165) is 18.0 Å². The molecule has 0 aromatic carbocycles. The zero-order valence-electron chi connectivity index (χ0n) is 10.2. The van der Waals surface area contributed by atoms with Crippen LogP contribution in [-0.4, -0.2) is 44.7 Å². The highest BCUT2D eigenvalue weighted by Crippen LogP contribution is 2.37. The van der Waals surface area contributed by atoms with Crippen molar-refractivity contribution in [1.82, 2.24) is 20.1 Å². The van der Waals surface area contributed by atoms with E-state index in [4.69, 9.17) is 5.11 Å². The van der Waals surface area contributed by atoms with E-state index in [1.54, 1.807) is 6.33 Å². The highest BCUT2D eigenvalue weighted by molar-refractivity contribution is 7.99. The van der Waals surface area contributed by atoms with Gasteiger partial charge in [-0.3, -0.25) is 4.79 Å². The summed E-state index contributed by atoms with van der Waals surface area (Å²) in [6.45, 7) is 0.796. The highest BCUT2D eigenvalue weighted by atomic mass is 32.2. The van der Waals surface area contributed by atoms with Crippen LogP contribution in [0.3, 0.4) is 0 Å². The maximum Gasteiger partial charge on any atom is 0.230 e. The SMILES string of the molecule is O=C(CSc1nncn1C1CC1)NCCCCO. The van der Waals surface area contributed by atoms with Crippen molar-refractivity contribution in [2.75, 3.05) is 18.9 Å². The molecule has 7 heteroatoms. The van der Waals surface area contributed by atoms with Gasteiger partial charge in [0.2, 0.25) is 5.91 Å². The van der Waals surface area contributed by atoms with Gasteiger partial charge in [0.1, 0.15) is 6.33 Å². The molecule has 100 valence electrons. The standard InChI is InChI=1S/C11H18N4O2S/c16-6-2-1-5-12-10(17)7-18-11-14-13-8-15(11)9-3-4-9/h8-9,16H,1-7H2,(H,12,17). The van der Waals surface area contributed by atoms with Gasteiger partial charge in [-0.05, 0) is 25.7 Å². The number of thioether (sulfide) groups is 1. The fraction of sp³-hybridized carbons (Fsp3) is 0.727. The second-order valence-electron chi connectivity index (χ2n) is 4.32. The van der Waals surface area contributed by atoms with Crippen LogP contribution in [0.1, 0.15) is 31.7 Å². The second-order valence-corrected chi connectivity index (χ2v) is 5.26. The van der Waals surface area contributed by atoms with Crippen molar-refractivity contribution < 1.29 is 9.90 Å². The lowest BCUT2D eigenvalue weighted by molar-refractivity contribution is -0.118. The zero-order chi connectivity index (χ0) is 12.8. The van der Waals surface area contributed by atoms with Gasteiger partial charge in [-0.25, -0.2) is 0 Å². The molecule has 0 saturated heterocycles. The molecular weight excluding hydrogens is 252 g/mol. The quantitative estimate of drug-likeness (QED) is 0.534. The number of hydrogen-bond donors (Lipinski definition) is 2. The Hall–Kier alpha value is -1.08. The molecule has 0 spiro atoms. The highest BCUT2D eigenvalue weighted by Gasteiger charge is 2.26. The van der Waals surface area contributed by atoms with Crippen LogP contribution >= 0.6 is 11.8 Å². The number of carbonyl (C=O) groups is 1. The molecule has 6 nitrogen and oxygen atoms in total. The average molecular weight is 270 g/mol. The third-order valence-electron chi connectivity index (χ3n) is 2.72. The Labute approximate surface area is 110 Å². The maximum atomic E-state index is 11.5. The van der Waals surface area contributed by atoms with Crippen LogP contribution in [0, 0.1) is 0 Å². The minimum absolute atomic E-state index is 0.00304. The molecule has 1 aromatic heterocycles. The van der Waals surface area contributed by atoms with E-state index in [0.29, 0.717) is 18.3 Å². The van der Waals surface area contributed by atoms with E-state index >= 15 is 0 Å². The monoisotopic (exact) mass is 270 g/mol. The van der Waals surface area contributed by atoms with Crippen LogP contribution < -0.4 is 5.32 Å². The predicted octanol–water partition coefficient (Wildman–Crippen LogP) is 0.594. The molecule has 0 atom stereocenters. The lowest BCUT2D eigenvalue weighted by Gasteiger charge is -2.05. The molecule has 1 heterocycles. The first kappa shape index (κ1) is 13.4. The van der Waals surface area contributed by atoms with E-state index in [2.05, 4.69) is 15.5 Å². The summed E-state index contributed by atoms with van der Waals surface area (Å²) >= 11 is 1.42. The molecule has 0 aliphatic heterocycles. The van der Waals surface area contributed by atoms with Gasteiger partial charge in [-0.15, -0.1) is 10.2 Å². The fourth-order valence-electron chi connectivity index (χ4n) is 1.58. The zero-order valence-corrected chi connectivity index (χ0v) is 11.0. The van der Waals surface area contributed by atoms with E-state index in [9.17, 15) is 4.79 Å². The van der Waals surface area contributed by atoms with Gasteiger partial charge in [-0.1, -0.05) is 11.8 Å². The number of unbranched alkanes of at least 4 members (excludes halogenated alkanes) is 1. The van der Waals surface area contributed by atoms with Crippen LogP contribution in [-0.2, 0) is 4.79 Å². The lowest BCUT2D eigenvalue weighted by Crippen LogP contribution is -2.26. The Morgan fingerprint density at radius 1 is 1.56 bits per heavy atom. The largest absolute Gasteiger partial charge is 0.396 e. The van der Waals surface area contributed by atoms with Crippen molar-refractivity contribution in [3.05, 3.63) is 6.33 Å². The van der Waals surface area contributed by atoms with Gasteiger partial charge in [-0.2, -0.15) is 0 Å². The number of aliphatic hydroxyl groups is 1. The van der Waals surface area contributed by atoms with E-state index in [1.807, 2.05) is 4.57 Å². The van der Waals surface area contributed by atoms with Crippen LogP contribution in [0.2, 0.25) is 0 Å². The van der Waals surface area contributed by atoms with Crippen molar-refractivity contribution >= 4 is 17.7 Å². The van der Waals surface area contributed by atoms with Gasteiger partial charge in [0, 0.05) is 19.2 Å². The Morgan fingerprint density at radius 2 is 2.39 bits per heavy atom. The van der Waals surface area contributed by atoms with E-state index in [1.165, 1.54) is 24.6 Å². The average Bonchev–Trinajstić information content (AvgIpc) is 3.11. The molecule has 18 heavy (non-hydrogen) atoms. The number of aromatic nitrogens is 3. The molecule has 2 rings (SSSR count). The molecule has 1 saturated carbocycles. The Morgan fingerprint density at radius 3 is 3.11 bits per heavy atom. The minimum Gasteiger partial charge on any atom is -0.396 e. The normalized spacial score (nSPS) is 14.7. The van der Waals surface area contributed by atoms with E-state index in [-0.39, 0.29) is 12.5 Å². The summed E-state index contributed by atoms with van der Waals surface area (Å²) in [7, 11) is 0. The van der Waals surface area contributed by atoms with Crippen molar-refractivity contribution in [2.24, 2.45) is 0 Å². The van der Waals surface area contributed by atoms with Crippen LogP contribution in [0.5, 0.6) is 0 Å². The minimum atomic E-state index is 0.00304. The maximum absolute atomic E-state index is 11.5. The number of nitrogens with zero attached hydrogens (tertiary/aromatic N) is 3. The molecule has 1 fully saturated rings. The summed E-state index contributed by atoms with van der Waals surface area (Å²) in [6, 6.07) is 0.537. The van der Waals surface area contributed by atoms with Crippen molar-refractivity contribution in [3.8, 4) is 0 Å². The van der Waals surface area contributed by atoms with Gasteiger partial charge in [0.05, 0.1) is 5.75 Å². The third kappa shape index (κ3) is 3.99. The number of carbonyl (C=O) groups excluding carboxylic acids is 1. The third-order valence-corrected chi connectivity index (χ3v) is 3.68. The fourth-order valence-corrected chi connectivity index (χ4v) is 2.40. The van der Waals surface area contributed by atoms with E-state index < -0.39 is 0 Å². The first-order valence-electron chi connectivity index (χ1n) is 6.21. The first-order valence-corrected chi connectivity index (χ1v) is 7.19. The molecule has 1 aromatic rings. The number of amides is 1. The van der Waals surface area contributed by atoms with Crippen LogP contribution in [0.15, 0.2) is 11.5 Å². The summed E-state index contributed by atoms with van der Waals surface area (Å²) in [5.74, 6) is 0.369.